The molecule has 0 aliphatic carbocycles. The van der Waals surface area contributed by atoms with Crippen LogP contribution in [0.15, 0.2) is 53.1 Å². The molecule has 148 valence electrons. The van der Waals surface area contributed by atoms with Crippen LogP contribution in [0.2, 0.25) is 0 Å². The average molecular weight is 392 g/mol. The minimum atomic E-state index is -0.297. The number of oxazole rings is 1. The van der Waals surface area contributed by atoms with E-state index in [9.17, 15) is 9.18 Å². The van der Waals surface area contributed by atoms with Crippen LogP contribution in [0.4, 0.5) is 4.39 Å². The number of carbonyl (C=O) groups excluding carboxylic acids is 1. The Hall–Kier alpha value is -3.48. The average Bonchev–Trinajstić information content (AvgIpc) is 3.25. The zero-order valence-electron chi connectivity index (χ0n) is 16.4. The summed E-state index contributed by atoms with van der Waals surface area (Å²) in [6.07, 6.45) is 2.01. The van der Waals surface area contributed by atoms with E-state index < -0.39 is 0 Å². The molecular formula is C22H21FN4O2. The molecule has 7 heteroatoms. The van der Waals surface area contributed by atoms with Gasteiger partial charge in [-0.25, -0.2) is 9.37 Å². The summed E-state index contributed by atoms with van der Waals surface area (Å²) in [5.74, 6) is -0.105. The van der Waals surface area contributed by atoms with Crippen LogP contribution >= 0.6 is 0 Å². The predicted molar refractivity (Wildman–Crippen MR) is 107 cm³/mol. The van der Waals surface area contributed by atoms with Crippen LogP contribution in [0.5, 0.6) is 0 Å². The summed E-state index contributed by atoms with van der Waals surface area (Å²) in [7, 11) is 1.87. The Morgan fingerprint density at radius 1 is 1.28 bits per heavy atom. The number of carbonyl (C=O) groups is 1. The number of aromatic nitrogens is 3. The number of hydrogen-bond acceptors (Lipinski definition) is 4. The minimum absolute atomic E-state index is 0.182. The van der Waals surface area contributed by atoms with Crippen molar-refractivity contribution in [1.82, 2.24) is 20.1 Å². The molecule has 2 heterocycles. The molecule has 0 aliphatic heterocycles. The van der Waals surface area contributed by atoms with Crippen LogP contribution in [0.25, 0.3) is 11.1 Å². The van der Waals surface area contributed by atoms with Gasteiger partial charge in [0.2, 0.25) is 0 Å². The van der Waals surface area contributed by atoms with Gasteiger partial charge in [-0.1, -0.05) is 18.2 Å². The Balaban J connectivity index is 1.53. The van der Waals surface area contributed by atoms with Crippen molar-refractivity contribution in [3.8, 4) is 0 Å². The molecule has 0 spiro atoms. The molecule has 0 aliphatic rings. The first-order chi connectivity index (χ1) is 13.9. The number of fused-ring (bicyclic) bond motifs is 1. The van der Waals surface area contributed by atoms with Crippen LogP contribution in [0.1, 0.15) is 46.0 Å². The molecule has 1 amide bonds. The molecule has 0 radical (unpaired) electrons. The van der Waals surface area contributed by atoms with E-state index in [1.165, 1.54) is 6.07 Å². The molecule has 4 rings (SSSR count). The molecule has 2 aromatic carbocycles. The normalized spacial score (nSPS) is 12.3. The number of hydrogen-bond donors (Lipinski definition) is 1. The molecule has 0 bridgehead atoms. The summed E-state index contributed by atoms with van der Waals surface area (Å²) < 4.78 is 21.4. The highest BCUT2D eigenvalue weighted by atomic mass is 19.1. The first kappa shape index (κ1) is 18.9. The van der Waals surface area contributed by atoms with Gasteiger partial charge in [-0.2, -0.15) is 5.10 Å². The molecule has 29 heavy (non-hydrogen) atoms. The molecule has 6 nitrogen and oxygen atoms in total. The van der Waals surface area contributed by atoms with Gasteiger partial charge < -0.3 is 9.73 Å². The van der Waals surface area contributed by atoms with Gasteiger partial charge in [0, 0.05) is 23.9 Å². The minimum Gasteiger partial charge on any atom is -0.440 e. The topological polar surface area (TPSA) is 73.0 Å². The van der Waals surface area contributed by atoms with Crippen molar-refractivity contribution in [3.05, 3.63) is 82.8 Å². The first-order valence-corrected chi connectivity index (χ1v) is 9.34. The predicted octanol–water partition coefficient (Wildman–Crippen LogP) is 4.09. The van der Waals surface area contributed by atoms with E-state index >= 15 is 0 Å². The van der Waals surface area contributed by atoms with Crippen LogP contribution in [-0.4, -0.2) is 20.7 Å². The van der Waals surface area contributed by atoms with Crippen LogP contribution in [0.3, 0.4) is 0 Å². The number of rotatable bonds is 5. The van der Waals surface area contributed by atoms with E-state index in [1.807, 2.05) is 20.9 Å². The standard InChI is InChI=1S/C22H21FN4O2/c1-13(17-12-24-27(3)14(17)2)25-22(28)16-8-9-19-20(10-16)29-21(26-19)11-15-6-4-5-7-18(15)23/h4-10,12-13H,11H2,1-3H3,(H,25,28)/t13-/m1/s1. The second-order valence-electron chi connectivity index (χ2n) is 7.06. The SMILES string of the molecule is Cc1c([C@@H](C)NC(=O)c2ccc3nc(Cc4ccccc4F)oc3c2)cnn1C. The van der Waals surface area contributed by atoms with E-state index in [1.54, 1.807) is 47.3 Å². The summed E-state index contributed by atoms with van der Waals surface area (Å²) in [4.78, 5) is 17.1. The Bertz CT molecular complexity index is 1190. The maximum atomic E-state index is 13.9. The van der Waals surface area contributed by atoms with Crippen molar-refractivity contribution < 1.29 is 13.6 Å². The number of aryl methyl sites for hydroxylation is 1. The van der Waals surface area contributed by atoms with Gasteiger partial charge in [-0.15, -0.1) is 0 Å². The lowest BCUT2D eigenvalue weighted by molar-refractivity contribution is 0.0940. The maximum absolute atomic E-state index is 13.9. The monoisotopic (exact) mass is 392 g/mol. The fourth-order valence-electron chi connectivity index (χ4n) is 3.29. The van der Waals surface area contributed by atoms with E-state index in [0.29, 0.717) is 28.1 Å². The lowest BCUT2D eigenvalue weighted by Gasteiger charge is -2.13. The van der Waals surface area contributed by atoms with Crippen molar-refractivity contribution in [2.24, 2.45) is 7.05 Å². The smallest absolute Gasteiger partial charge is 0.251 e. The third-order valence-corrected chi connectivity index (χ3v) is 5.08. The van der Waals surface area contributed by atoms with E-state index in [0.717, 1.165) is 11.3 Å². The number of amides is 1. The Morgan fingerprint density at radius 3 is 2.79 bits per heavy atom. The van der Waals surface area contributed by atoms with Gasteiger partial charge in [-0.05, 0) is 43.7 Å². The highest BCUT2D eigenvalue weighted by molar-refractivity contribution is 5.97. The summed E-state index contributed by atoms with van der Waals surface area (Å²) in [5.41, 5.74) is 4.07. The molecule has 0 saturated heterocycles. The molecule has 2 aromatic heterocycles. The largest absolute Gasteiger partial charge is 0.440 e. The zero-order chi connectivity index (χ0) is 20.5. The second kappa shape index (κ2) is 7.50. The van der Waals surface area contributed by atoms with E-state index in [4.69, 9.17) is 4.42 Å². The summed E-state index contributed by atoms with van der Waals surface area (Å²) in [6.45, 7) is 3.88. The first-order valence-electron chi connectivity index (χ1n) is 9.34. The van der Waals surface area contributed by atoms with E-state index in [2.05, 4.69) is 15.4 Å². The fraction of sp³-hybridized carbons (Fsp3) is 0.227. The third-order valence-electron chi connectivity index (χ3n) is 5.08. The van der Waals surface area contributed by atoms with Crippen molar-refractivity contribution >= 4 is 17.0 Å². The molecule has 4 aromatic rings. The quantitative estimate of drug-likeness (QED) is 0.555. The fourth-order valence-corrected chi connectivity index (χ4v) is 3.29. The van der Waals surface area contributed by atoms with Crippen LogP contribution in [0, 0.1) is 12.7 Å². The van der Waals surface area contributed by atoms with Gasteiger partial charge >= 0.3 is 0 Å². The van der Waals surface area contributed by atoms with Crippen molar-refractivity contribution in [2.45, 2.75) is 26.3 Å². The highest BCUT2D eigenvalue weighted by Gasteiger charge is 2.17. The molecule has 1 N–H and O–H groups in total. The third kappa shape index (κ3) is 3.76. The Kier molecular flexibility index (Phi) is 4.88. The van der Waals surface area contributed by atoms with Gasteiger partial charge in [-0.3, -0.25) is 9.48 Å². The Morgan fingerprint density at radius 2 is 2.07 bits per heavy atom. The molecule has 0 unspecified atom stereocenters. The van der Waals surface area contributed by atoms with Gasteiger partial charge in [0.1, 0.15) is 11.3 Å². The summed E-state index contributed by atoms with van der Waals surface area (Å²) in [5, 5.41) is 7.20. The Labute approximate surface area is 167 Å². The summed E-state index contributed by atoms with van der Waals surface area (Å²) >= 11 is 0. The van der Waals surface area contributed by atoms with Gasteiger partial charge in [0.15, 0.2) is 11.5 Å². The van der Waals surface area contributed by atoms with Crippen molar-refractivity contribution in [1.29, 1.82) is 0 Å². The molecule has 0 saturated carbocycles. The molecule has 1 atom stereocenters. The van der Waals surface area contributed by atoms with Crippen molar-refractivity contribution in [3.63, 3.8) is 0 Å². The number of nitrogens with one attached hydrogen (secondary N) is 1. The lowest BCUT2D eigenvalue weighted by atomic mass is 10.1. The summed E-state index contributed by atoms with van der Waals surface area (Å²) in [6, 6.07) is 11.4. The lowest BCUT2D eigenvalue weighted by Crippen LogP contribution is -2.26. The zero-order valence-corrected chi connectivity index (χ0v) is 16.4. The van der Waals surface area contributed by atoms with E-state index in [-0.39, 0.29) is 24.2 Å². The highest BCUT2D eigenvalue weighted by Crippen LogP contribution is 2.22. The maximum Gasteiger partial charge on any atom is 0.251 e. The number of benzene rings is 2. The second-order valence-corrected chi connectivity index (χ2v) is 7.06. The van der Waals surface area contributed by atoms with Crippen LogP contribution in [-0.2, 0) is 13.5 Å². The number of halogens is 1. The van der Waals surface area contributed by atoms with Crippen LogP contribution < -0.4 is 5.32 Å². The van der Waals surface area contributed by atoms with Crippen molar-refractivity contribution in [2.75, 3.05) is 0 Å². The molecular weight excluding hydrogens is 371 g/mol. The van der Waals surface area contributed by atoms with Gasteiger partial charge in [0.05, 0.1) is 18.7 Å². The number of nitrogens with zero attached hydrogens (tertiary/aromatic N) is 3. The molecule has 0 fully saturated rings. The van der Waals surface area contributed by atoms with Gasteiger partial charge in [0.25, 0.3) is 5.91 Å².